The molecule has 2 aromatic rings. The lowest BCUT2D eigenvalue weighted by molar-refractivity contribution is 0.0336. The Kier molecular flexibility index (Phi) is 5.78. The number of imidazole rings is 1. The van der Waals surface area contributed by atoms with Crippen LogP contribution >= 0.6 is 0 Å². The first-order chi connectivity index (χ1) is 12.2. The molecular formula is C18H25N5O2. The minimum atomic E-state index is -0.594. The number of aliphatic hydroxyl groups excluding tert-OH is 1. The molecule has 1 saturated heterocycles. The summed E-state index contributed by atoms with van der Waals surface area (Å²) in [6.45, 7) is 5.15. The summed E-state index contributed by atoms with van der Waals surface area (Å²) in [5, 5.41) is 13.4. The number of pyridine rings is 1. The number of piperidine rings is 1. The zero-order chi connectivity index (χ0) is 17.6. The second kappa shape index (κ2) is 8.22. The van der Waals surface area contributed by atoms with Crippen molar-refractivity contribution in [2.45, 2.75) is 45.0 Å². The monoisotopic (exact) mass is 343 g/mol. The summed E-state index contributed by atoms with van der Waals surface area (Å²) in [4.78, 5) is 22.8. The number of nitrogens with one attached hydrogen (secondary N) is 1. The smallest absolute Gasteiger partial charge is 0.253 e. The van der Waals surface area contributed by atoms with E-state index in [2.05, 4.69) is 31.7 Å². The van der Waals surface area contributed by atoms with Crippen LogP contribution < -0.4 is 5.32 Å². The summed E-state index contributed by atoms with van der Waals surface area (Å²) in [5.41, 5.74) is 0.513. The molecule has 0 aliphatic carbocycles. The lowest BCUT2D eigenvalue weighted by atomic mass is 10.0. The Labute approximate surface area is 147 Å². The molecule has 1 amide bonds. The molecule has 3 rings (SSSR count). The lowest BCUT2D eigenvalue weighted by Gasteiger charge is -2.36. The summed E-state index contributed by atoms with van der Waals surface area (Å²) in [6, 6.07) is 3.21. The van der Waals surface area contributed by atoms with Crippen molar-refractivity contribution in [2.24, 2.45) is 0 Å². The van der Waals surface area contributed by atoms with Crippen molar-refractivity contribution in [1.29, 1.82) is 0 Å². The van der Waals surface area contributed by atoms with Gasteiger partial charge >= 0.3 is 0 Å². The number of carbonyl (C=O) groups is 1. The highest BCUT2D eigenvalue weighted by Crippen LogP contribution is 2.15. The molecule has 0 bridgehead atoms. The molecule has 0 spiro atoms. The Morgan fingerprint density at radius 3 is 3.04 bits per heavy atom. The van der Waals surface area contributed by atoms with Crippen LogP contribution in [0.25, 0.3) is 0 Å². The molecule has 25 heavy (non-hydrogen) atoms. The van der Waals surface area contributed by atoms with Crippen LogP contribution in [0.4, 0.5) is 0 Å². The minimum Gasteiger partial charge on any atom is -0.390 e. The van der Waals surface area contributed by atoms with Gasteiger partial charge in [0.15, 0.2) is 0 Å². The summed E-state index contributed by atoms with van der Waals surface area (Å²) in [5.74, 6) is 0.830. The van der Waals surface area contributed by atoms with E-state index in [0.29, 0.717) is 25.1 Å². The normalized spacial score (nSPS) is 21.2. The molecule has 1 fully saturated rings. The summed E-state index contributed by atoms with van der Waals surface area (Å²) < 4.78 is 2.16. The molecule has 0 radical (unpaired) electrons. The van der Waals surface area contributed by atoms with Gasteiger partial charge in [-0.25, -0.2) is 4.98 Å². The standard InChI is InChI=1S/C18H25N5O2/c1-2-8-23-10-7-20-17(23)13-22-9-5-15(16(24)12-22)21-18(25)14-4-3-6-19-11-14/h3-4,6-7,10-11,15-16,24H,2,5,8-9,12-13H2,1H3,(H,21,25)/t15-,16-/m1/s1. The fourth-order valence-electron chi connectivity index (χ4n) is 3.19. The van der Waals surface area contributed by atoms with Crippen molar-refractivity contribution >= 4 is 5.91 Å². The van der Waals surface area contributed by atoms with Crippen molar-refractivity contribution in [1.82, 2.24) is 24.8 Å². The molecule has 2 aromatic heterocycles. The predicted octanol–water partition coefficient (Wildman–Crippen LogP) is 1.05. The van der Waals surface area contributed by atoms with Gasteiger partial charge in [0.2, 0.25) is 0 Å². The van der Waals surface area contributed by atoms with Gasteiger partial charge in [-0.05, 0) is 25.0 Å². The minimum absolute atomic E-state index is 0.191. The summed E-state index contributed by atoms with van der Waals surface area (Å²) in [7, 11) is 0. The number of nitrogens with zero attached hydrogens (tertiary/aromatic N) is 4. The number of likely N-dealkylation sites (tertiary alicyclic amines) is 1. The fraction of sp³-hybridized carbons (Fsp3) is 0.500. The van der Waals surface area contributed by atoms with Gasteiger partial charge < -0.3 is 15.0 Å². The van der Waals surface area contributed by atoms with E-state index in [9.17, 15) is 9.90 Å². The number of aryl methyl sites for hydroxylation is 1. The van der Waals surface area contributed by atoms with E-state index in [1.807, 2.05) is 12.4 Å². The van der Waals surface area contributed by atoms with Crippen LogP contribution in [0.5, 0.6) is 0 Å². The fourth-order valence-corrected chi connectivity index (χ4v) is 3.19. The number of amides is 1. The first-order valence-corrected chi connectivity index (χ1v) is 8.78. The van der Waals surface area contributed by atoms with Gasteiger partial charge in [-0.1, -0.05) is 6.92 Å². The number of hydrogen-bond donors (Lipinski definition) is 2. The van der Waals surface area contributed by atoms with Crippen LogP contribution in [0.2, 0.25) is 0 Å². The van der Waals surface area contributed by atoms with E-state index >= 15 is 0 Å². The van der Waals surface area contributed by atoms with Gasteiger partial charge in [0.25, 0.3) is 5.91 Å². The Balaban J connectivity index is 1.54. The number of rotatable bonds is 6. The Hall–Kier alpha value is -2.25. The first kappa shape index (κ1) is 17.6. The van der Waals surface area contributed by atoms with Gasteiger partial charge in [0.1, 0.15) is 5.82 Å². The van der Waals surface area contributed by atoms with Crippen molar-refractivity contribution in [3.05, 3.63) is 48.3 Å². The molecule has 134 valence electrons. The molecule has 0 saturated carbocycles. The van der Waals surface area contributed by atoms with Crippen molar-refractivity contribution < 1.29 is 9.90 Å². The average Bonchev–Trinajstić information content (AvgIpc) is 3.05. The molecule has 0 unspecified atom stereocenters. The molecule has 1 aliphatic heterocycles. The number of β-amino-alcohol motifs (C(OH)–C–C–N with tert-alkyl or cyclic N) is 1. The molecule has 2 N–H and O–H groups in total. The van der Waals surface area contributed by atoms with Crippen molar-refractivity contribution in [3.63, 3.8) is 0 Å². The van der Waals surface area contributed by atoms with E-state index in [1.165, 1.54) is 6.20 Å². The molecule has 3 heterocycles. The maximum Gasteiger partial charge on any atom is 0.253 e. The van der Waals surface area contributed by atoms with Crippen molar-refractivity contribution in [2.75, 3.05) is 13.1 Å². The van der Waals surface area contributed by atoms with Crippen LogP contribution in [0.1, 0.15) is 35.9 Å². The quantitative estimate of drug-likeness (QED) is 0.819. The van der Waals surface area contributed by atoms with E-state index in [-0.39, 0.29) is 11.9 Å². The van der Waals surface area contributed by atoms with Crippen LogP contribution in [-0.2, 0) is 13.1 Å². The topological polar surface area (TPSA) is 83.3 Å². The second-order valence-electron chi connectivity index (χ2n) is 6.45. The highest BCUT2D eigenvalue weighted by atomic mass is 16.3. The van der Waals surface area contributed by atoms with Gasteiger partial charge in [0, 0.05) is 44.4 Å². The lowest BCUT2D eigenvalue weighted by Crippen LogP contribution is -2.53. The Morgan fingerprint density at radius 2 is 2.32 bits per heavy atom. The van der Waals surface area contributed by atoms with Gasteiger partial charge in [0.05, 0.1) is 24.3 Å². The van der Waals surface area contributed by atoms with Crippen molar-refractivity contribution in [3.8, 4) is 0 Å². The third-order valence-corrected chi connectivity index (χ3v) is 4.54. The molecule has 1 aliphatic rings. The van der Waals surface area contributed by atoms with E-state index in [0.717, 1.165) is 25.3 Å². The van der Waals surface area contributed by atoms with Gasteiger partial charge in [-0.3, -0.25) is 14.7 Å². The van der Waals surface area contributed by atoms with Gasteiger partial charge in [-0.2, -0.15) is 0 Å². The predicted molar refractivity (Wildman–Crippen MR) is 93.9 cm³/mol. The van der Waals surface area contributed by atoms with Crippen LogP contribution in [-0.4, -0.2) is 55.7 Å². The van der Waals surface area contributed by atoms with Crippen LogP contribution in [0.15, 0.2) is 36.9 Å². The zero-order valence-electron chi connectivity index (χ0n) is 14.5. The summed E-state index contributed by atoms with van der Waals surface area (Å²) >= 11 is 0. The maximum atomic E-state index is 12.2. The number of aliphatic hydroxyl groups is 1. The molecule has 7 nitrogen and oxygen atoms in total. The van der Waals surface area contributed by atoms with Crippen LogP contribution in [0, 0.1) is 0 Å². The number of hydrogen-bond acceptors (Lipinski definition) is 5. The Bertz CT molecular complexity index is 688. The molecule has 7 heteroatoms. The first-order valence-electron chi connectivity index (χ1n) is 8.78. The third-order valence-electron chi connectivity index (χ3n) is 4.54. The highest BCUT2D eigenvalue weighted by molar-refractivity contribution is 5.94. The molecule has 2 atom stereocenters. The van der Waals surface area contributed by atoms with Crippen LogP contribution in [0.3, 0.4) is 0 Å². The number of aromatic nitrogens is 3. The zero-order valence-corrected chi connectivity index (χ0v) is 14.5. The third kappa shape index (κ3) is 4.43. The molecule has 0 aromatic carbocycles. The Morgan fingerprint density at radius 1 is 1.44 bits per heavy atom. The SMILES string of the molecule is CCCn1ccnc1CN1CC[C@@H](NC(=O)c2cccnc2)[C@H](O)C1. The maximum absolute atomic E-state index is 12.2. The molecular weight excluding hydrogens is 318 g/mol. The largest absolute Gasteiger partial charge is 0.390 e. The summed E-state index contributed by atoms with van der Waals surface area (Å²) in [6.07, 6.45) is 8.16. The van der Waals surface area contributed by atoms with Gasteiger partial charge in [-0.15, -0.1) is 0 Å². The van der Waals surface area contributed by atoms with E-state index < -0.39 is 6.10 Å². The van der Waals surface area contributed by atoms with E-state index in [4.69, 9.17) is 0 Å². The highest BCUT2D eigenvalue weighted by Gasteiger charge is 2.29. The second-order valence-corrected chi connectivity index (χ2v) is 6.45. The average molecular weight is 343 g/mol. The number of carbonyl (C=O) groups excluding carboxylic acids is 1. The van der Waals surface area contributed by atoms with E-state index in [1.54, 1.807) is 18.3 Å².